The summed E-state index contributed by atoms with van der Waals surface area (Å²) in [7, 11) is 0. The molecule has 1 aromatic carbocycles. The number of cyclic esters (lactones) is 2. The van der Waals surface area contributed by atoms with Crippen LogP contribution in [0.15, 0.2) is 30.3 Å². The van der Waals surface area contributed by atoms with Crippen LogP contribution >= 0.6 is 0 Å². The summed E-state index contributed by atoms with van der Waals surface area (Å²) >= 11 is 0. The summed E-state index contributed by atoms with van der Waals surface area (Å²) in [5.74, 6) is -2.41. The molecule has 3 nitrogen and oxygen atoms in total. The molecule has 0 aromatic heterocycles. The molecule has 0 aliphatic carbocycles. The van der Waals surface area contributed by atoms with Gasteiger partial charge in [0.05, 0.1) is 5.92 Å². The molecule has 2 rings (SSSR count). The first-order valence-electron chi connectivity index (χ1n) is 4.63. The molecule has 0 saturated carbocycles. The van der Waals surface area contributed by atoms with Crippen molar-refractivity contribution in [3.05, 3.63) is 35.9 Å². The van der Waals surface area contributed by atoms with Crippen molar-refractivity contribution in [2.24, 2.45) is 0 Å². The van der Waals surface area contributed by atoms with E-state index in [-0.39, 0.29) is 6.42 Å². The van der Waals surface area contributed by atoms with Crippen molar-refractivity contribution in [2.45, 2.75) is 18.5 Å². The summed E-state index contributed by atoms with van der Waals surface area (Å²) < 4.78 is 17.4. The van der Waals surface area contributed by atoms with Gasteiger partial charge < -0.3 is 4.74 Å². The Labute approximate surface area is 85.9 Å². The highest BCUT2D eigenvalue weighted by atomic mass is 19.1. The number of ether oxygens (including phenoxy) is 1. The maximum atomic E-state index is 13.1. The van der Waals surface area contributed by atoms with Gasteiger partial charge in [-0.15, -0.1) is 0 Å². The Morgan fingerprint density at radius 3 is 2.47 bits per heavy atom. The molecule has 0 bridgehead atoms. The highest BCUT2D eigenvalue weighted by molar-refractivity contribution is 5.94. The topological polar surface area (TPSA) is 43.4 Å². The number of hydrogen-bond donors (Lipinski definition) is 0. The smallest absolute Gasteiger partial charge is 0.348 e. The van der Waals surface area contributed by atoms with Crippen molar-refractivity contribution < 1.29 is 18.7 Å². The molecule has 78 valence electrons. The molecule has 15 heavy (non-hydrogen) atoms. The normalized spacial score (nSPS) is 26.2. The minimum absolute atomic E-state index is 0.123. The number of alkyl halides is 1. The van der Waals surface area contributed by atoms with E-state index in [9.17, 15) is 14.0 Å². The largest absolute Gasteiger partial charge is 0.391 e. The van der Waals surface area contributed by atoms with Crippen LogP contribution < -0.4 is 0 Å². The van der Waals surface area contributed by atoms with Gasteiger partial charge in [-0.2, -0.15) is 0 Å². The number of esters is 2. The second kappa shape index (κ2) is 3.81. The monoisotopic (exact) mass is 208 g/mol. The Morgan fingerprint density at radius 2 is 1.80 bits per heavy atom. The molecule has 0 spiro atoms. The zero-order valence-corrected chi connectivity index (χ0v) is 7.85. The number of hydrogen-bond acceptors (Lipinski definition) is 3. The number of carbonyl (C=O) groups excluding carboxylic acids is 2. The van der Waals surface area contributed by atoms with Gasteiger partial charge in [0.25, 0.3) is 0 Å². The zero-order valence-electron chi connectivity index (χ0n) is 7.85. The van der Waals surface area contributed by atoms with Crippen LogP contribution in [0.2, 0.25) is 0 Å². The van der Waals surface area contributed by atoms with E-state index in [1.807, 2.05) is 0 Å². The first kappa shape index (κ1) is 9.83. The zero-order chi connectivity index (χ0) is 10.8. The SMILES string of the molecule is O=C1OC(=O)C(c2ccccc2)CC1F. The third kappa shape index (κ3) is 1.88. The van der Waals surface area contributed by atoms with Crippen molar-refractivity contribution in [2.75, 3.05) is 0 Å². The number of carbonyl (C=O) groups is 2. The van der Waals surface area contributed by atoms with E-state index >= 15 is 0 Å². The first-order chi connectivity index (χ1) is 7.18. The highest BCUT2D eigenvalue weighted by Crippen LogP contribution is 2.28. The quantitative estimate of drug-likeness (QED) is 0.520. The predicted molar refractivity (Wildman–Crippen MR) is 49.8 cm³/mol. The molecule has 1 saturated heterocycles. The van der Waals surface area contributed by atoms with Gasteiger partial charge in [0.1, 0.15) is 0 Å². The Kier molecular flexibility index (Phi) is 2.49. The van der Waals surface area contributed by atoms with E-state index in [1.54, 1.807) is 30.3 Å². The van der Waals surface area contributed by atoms with Crippen molar-refractivity contribution in [3.8, 4) is 0 Å². The Morgan fingerprint density at radius 1 is 1.13 bits per heavy atom. The summed E-state index contributed by atoms with van der Waals surface area (Å²) in [5, 5.41) is 0. The lowest BCUT2D eigenvalue weighted by atomic mass is 9.92. The van der Waals surface area contributed by atoms with Crippen LogP contribution in [0.5, 0.6) is 0 Å². The van der Waals surface area contributed by atoms with Crippen molar-refractivity contribution >= 4 is 11.9 Å². The van der Waals surface area contributed by atoms with E-state index < -0.39 is 24.0 Å². The van der Waals surface area contributed by atoms with E-state index in [4.69, 9.17) is 0 Å². The van der Waals surface area contributed by atoms with E-state index in [1.165, 1.54) is 0 Å². The average molecular weight is 208 g/mol. The van der Waals surface area contributed by atoms with Crippen LogP contribution in [0.4, 0.5) is 4.39 Å². The van der Waals surface area contributed by atoms with Crippen molar-refractivity contribution in [1.82, 2.24) is 0 Å². The van der Waals surface area contributed by atoms with Crippen LogP contribution in [0.25, 0.3) is 0 Å². The van der Waals surface area contributed by atoms with Gasteiger partial charge in [-0.25, -0.2) is 9.18 Å². The summed E-state index contributed by atoms with van der Waals surface area (Å²) in [6, 6.07) is 8.75. The minimum atomic E-state index is -1.70. The summed E-state index contributed by atoms with van der Waals surface area (Å²) in [6.45, 7) is 0. The van der Waals surface area contributed by atoms with Crippen LogP contribution in [0.3, 0.4) is 0 Å². The van der Waals surface area contributed by atoms with Crippen LogP contribution in [0.1, 0.15) is 17.9 Å². The molecular weight excluding hydrogens is 199 g/mol. The van der Waals surface area contributed by atoms with Gasteiger partial charge in [-0.1, -0.05) is 30.3 Å². The third-order valence-corrected chi connectivity index (χ3v) is 2.39. The molecule has 1 heterocycles. The van der Waals surface area contributed by atoms with Gasteiger partial charge >= 0.3 is 11.9 Å². The lowest BCUT2D eigenvalue weighted by molar-refractivity contribution is -0.169. The van der Waals surface area contributed by atoms with Gasteiger partial charge in [0.2, 0.25) is 0 Å². The van der Waals surface area contributed by atoms with E-state index in [2.05, 4.69) is 4.74 Å². The van der Waals surface area contributed by atoms with E-state index in [0.717, 1.165) is 0 Å². The molecule has 2 unspecified atom stereocenters. The summed E-state index contributed by atoms with van der Waals surface area (Å²) in [6.07, 6.45) is -1.82. The molecule has 1 fully saturated rings. The van der Waals surface area contributed by atoms with Crippen LogP contribution in [-0.4, -0.2) is 18.1 Å². The summed E-state index contributed by atoms with van der Waals surface area (Å²) in [4.78, 5) is 22.1. The maximum Gasteiger partial charge on any atom is 0.348 e. The maximum absolute atomic E-state index is 13.1. The Hall–Kier alpha value is -1.71. The standard InChI is InChI=1S/C11H9FO3/c12-9-6-8(10(13)15-11(9)14)7-4-2-1-3-5-7/h1-5,8-9H,6H2. The highest BCUT2D eigenvalue weighted by Gasteiger charge is 2.37. The fourth-order valence-corrected chi connectivity index (χ4v) is 1.59. The second-order valence-corrected chi connectivity index (χ2v) is 3.41. The molecule has 1 aromatic rings. The molecule has 4 heteroatoms. The Balaban J connectivity index is 2.23. The number of halogens is 1. The fraction of sp³-hybridized carbons (Fsp3) is 0.273. The molecular formula is C11H9FO3. The minimum Gasteiger partial charge on any atom is -0.391 e. The lowest BCUT2D eigenvalue weighted by Crippen LogP contribution is -2.34. The van der Waals surface area contributed by atoms with Gasteiger partial charge in [-0.3, -0.25) is 4.79 Å². The molecule has 2 atom stereocenters. The second-order valence-electron chi connectivity index (χ2n) is 3.41. The molecule has 0 radical (unpaired) electrons. The predicted octanol–water partition coefficient (Wildman–Crippen LogP) is 1.58. The molecule has 0 N–H and O–H groups in total. The number of benzene rings is 1. The van der Waals surface area contributed by atoms with Gasteiger partial charge in [-0.05, 0) is 5.56 Å². The van der Waals surface area contributed by atoms with Crippen LogP contribution in [-0.2, 0) is 14.3 Å². The fourth-order valence-electron chi connectivity index (χ4n) is 1.59. The van der Waals surface area contributed by atoms with Crippen LogP contribution in [0, 0.1) is 0 Å². The molecule has 1 aliphatic rings. The van der Waals surface area contributed by atoms with Crippen molar-refractivity contribution in [1.29, 1.82) is 0 Å². The van der Waals surface area contributed by atoms with Crippen molar-refractivity contribution in [3.63, 3.8) is 0 Å². The van der Waals surface area contributed by atoms with E-state index in [0.29, 0.717) is 5.56 Å². The Bertz CT molecular complexity index is 388. The molecule has 1 aliphatic heterocycles. The lowest BCUT2D eigenvalue weighted by Gasteiger charge is -2.22. The third-order valence-electron chi connectivity index (χ3n) is 2.39. The average Bonchev–Trinajstić information content (AvgIpc) is 2.25. The van der Waals surface area contributed by atoms with Gasteiger partial charge in [0.15, 0.2) is 6.17 Å². The molecule has 0 amide bonds. The first-order valence-corrected chi connectivity index (χ1v) is 4.63. The number of rotatable bonds is 1. The summed E-state index contributed by atoms with van der Waals surface area (Å²) in [5.41, 5.74) is 0.678. The van der Waals surface area contributed by atoms with Gasteiger partial charge in [0, 0.05) is 6.42 Å².